The maximum atomic E-state index is 12.4. The quantitative estimate of drug-likeness (QED) is 0.436. The van der Waals surface area contributed by atoms with Gasteiger partial charge in [0.15, 0.2) is 0 Å². The molecule has 1 atom stereocenters. The summed E-state index contributed by atoms with van der Waals surface area (Å²) in [7, 11) is 0. The molecule has 0 aromatic heterocycles. The molecule has 0 fully saturated rings. The number of carbonyl (C=O) groups excluding carboxylic acids is 1. The largest absolute Gasteiger partial charge is 0.494 e. The van der Waals surface area contributed by atoms with E-state index >= 15 is 0 Å². The highest BCUT2D eigenvalue weighted by Gasteiger charge is 2.22. The lowest BCUT2D eigenvalue weighted by Gasteiger charge is -2.13. The van der Waals surface area contributed by atoms with Crippen LogP contribution in [0.4, 0.5) is 0 Å². The third-order valence-corrected chi connectivity index (χ3v) is 4.39. The van der Waals surface area contributed by atoms with Gasteiger partial charge in [-0.2, -0.15) is 0 Å². The molecule has 0 heterocycles. The summed E-state index contributed by atoms with van der Waals surface area (Å²) in [5.74, 6) is 4.35. The van der Waals surface area contributed by atoms with Gasteiger partial charge in [-0.25, -0.2) is 4.79 Å². The van der Waals surface area contributed by atoms with Crippen molar-refractivity contribution in [2.45, 2.75) is 18.9 Å². The van der Waals surface area contributed by atoms with Crippen LogP contribution in [0.15, 0.2) is 42.5 Å². The lowest BCUT2D eigenvalue weighted by Crippen LogP contribution is -2.40. The Morgan fingerprint density at radius 2 is 1.76 bits per heavy atom. The van der Waals surface area contributed by atoms with E-state index in [0.717, 1.165) is 0 Å². The highest BCUT2D eigenvalue weighted by atomic mass is 35.5. The number of aliphatic hydroxyl groups excluding tert-OH is 1. The van der Waals surface area contributed by atoms with Gasteiger partial charge < -0.3 is 20.3 Å². The van der Waals surface area contributed by atoms with E-state index in [9.17, 15) is 14.7 Å². The minimum Gasteiger partial charge on any atom is -0.494 e. The molecule has 0 saturated heterocycles. The first-order valence-electron chi connectivity index (χ1n) is 8.72. The van der Waals surface area contributed by atoms with Crippen molar-refractivity contribution in [3.05, 3.63) is 63.6 Å². The Labute approximate surface area is 178 Å². The molecule has 0 radical (unpaired) electrons. The summed E-state index contributed by atoms with van der Waals surface area (Å²) in [4.78, 5) is 23.8. The Bertz CT molecular complexity index is 899. The van der Waals surface area contributed by atoms with Crippen LogP contribution in [-0.4, -0.2) is 41.3 Å². The Morgan fingerprint density at radius 1 is 1.10 bits per heavy atom. The van der Waals surface area contributed by atoms with Gasteiger partial charge in [-0.1, -0.05) is 41.1 Å². The first-order valence-corrected chi connectivity index (χ1v) is 9.48. The van der Waals surface area contributed by atoms with Crippen molar-refractivity contribution >= 4 is 35.1 Å². The number of hydrogen-bond donors (Lipinski definition) is 3. The zero-order valence-electron chi connectivity index (χ0n) is 15.3. The lowest BCUT2D eigenvalue weighted by atomic mass is 10.1. The van der Waals surface area contributed by atoms with Crippen molar-refractivity contribution in [2.75, 3.05) is 13.2 Å². The fraction of sp³-hybridized carbons (Fsp3) is 0.238. The fourth-order valence-corrected chi connectivity index (χ4v) is 2.86. The van der Waals surface area contributed by atoms with Crippen LogP contribution in [0.5, 0.6) is 5.75 Å². The van der Waals surface area contributed by atoms with E-state index < -0.39 is 17.9 Å². The molecule has 0 aliphatic heterocycles. The topological polar surface area (TPSA) is 95.9 Å². The number of halogens is 2. The molecule has 152 valence electrons. The minimum atomic E-state index is -1.22. The smallest absolute Gasteiger partial charge is 0.327 e. The summed E-state index contributed by atoms with van der Waals surface area (Å²) < 4.78 is 5.43. The second kappa shape index (κ2) is 11.3. The molecule has 3 N–H and O–H groups in total. The zero-order chi connectivity index (χ0) is 21.2. The first-order chi connectivity index (χ1) is 13.9. The summed E-state index contributed by atoms with van der Waals surface area (Å²) >= 11 is 12.0. The standard InChI is InChI=1S/C21H19Cl2NO5/c22-16-5-2-6-17(23)19(16)20(26)24-18(21(27)28)7-1-4-14-8-10-15(11-9-14)29-13-3-12-25/h2,5-6,8-11,18,25H,3,7,12-13H2,(H,24,26)(H,27,28). The molecule has 0 aliphatic carbocycles. The Morgan fingerprint density at radius 3 is 2.34 bits per heavy atom. The minimum absolute atomic E-state index is 0.0202. The number of aliphatic hydroxyl groups is 1. The van der Waals surface area contributed by atoms with Crippen LogP contribution >= 0.6 is 23.2 Å². The predicted octanol–water partition coefficient (Wildman–Crippen LogP) is 3.38. The summed E-state index contributed by atoms with van der Waals surface area (Å²) in [5.41, 5.74) is 0.691. The number of aliphatic carboxylic acids is 1. The molecule has 0 bridgehead atoms. The SMILES string of the molecule is O=C(NC(CC#Cc1ccc(OCCCO)cc1)C(=O)O)c1c(Cl)cccc1Cl. The molecule has 2 aromatic rings. The molecule has 0 spiro atoms. The van der Waals surface area contributed by atoms with Crippen molar-refractivity contribution in [3.8, 4) is 17.6 Å². The van der Waals surface area contributed by atoms with Crippen LogP contribution in [0.1, 0.15) is 28.8 Å². The van der Waals surface area contributed by atoms with E-state index in [1.54, 1.807) is 30.3 Å². The Hall–Kier alpha value is -2.72. The highest BCUT2D eigenvalue weighted by molar-refractivity contribution is 6.39. The van der Waals surface area contributed by atoms with Crippen molar-refractivity contribution < 1.29 is 24.5 Å². The van der Waals surface area contributed by atoms with E-state index in [4.69, 9.17) is 33.0 Å². The first kappa shape index (κ1) is 22.6. The Kier molecular flexibility index (Phi) is 8.81. The van der Waals surface area contributed by atoms with Gasteiger partial charge in [-0.05, 0) is 36.4 Å². The van der Waals surface area contributed by atoms with Crippen LogP contribution < -0.4 is 10.1 Å². The van der Waals surface area contributed by atoms with Crippen molar-refractivity contribution in [1.29, 1.82) is 0 Å². The monoisotopic (exact) mass is 435 g/mol. The van der Waals surface area contributed by atoms with Crippen LogP contribution in [0.3, 0.4) is 0 Å². The molecule has 6 nitrogen and oxygen atoms in total. The number of hydrogen-bond acceptors (Lipinski definition) is 4. The van der Waals surface area contributed by atoms with E-state index in [1.165, 1.54) is 12.1 Å². The van der Waals surface area contributed by atoms with Crippen LogP contribution in [0.25, 0.3) is 0 Å². The number of benzene rings is 2. The summed E-state index contributed by atoms with van der Waals surface area (Å²) in [5, 5.41) is 20.7. The number of ether oxygens (including phenoxy) is 1. The van der Waals surface area contributed by atoms with Gasteiger partial charge in [0.1, 0.15) is 11.8 Å². The van der Waals surface area contributed by atoms with Gasteiger partial charge in [-0.3, -0.25) is 4.79 Å². The van der Waals surface area contributed by atoms with Gasteiger partial charge >= 0.3 is 5.97 Å². The zero-order valence-corrected chi connectivity index (χ0v) is 16.8. The number of amides is 1. The second-order valence-electron chi connectivity index (χ2n) is 5.92. The molecule has 1 unspecified atom stereocenters. The van der Waals surface area contributed by atoms with Gasteiger partial charge in [0, 0.05) is 25.0 Å². The van der Waals surface area contributed by atoms with E-state index in [1.807, 2.05) is 0 Å². The van der Waals surface area contributed by atoms with Gasteiger partial charge in [0.25, 0.3) is 5.91 Å². The molecule has 2 rings (SSSR count). The summed E-state index contributed by atoms with van der Waals surface area (Å²) in [6.45, 7) is 0.477. The molecule has 2 aromatic carbocycles. The number of nitrogens with one attached hydrogen (secondary N) is 1. The van der Waals surface area contributed by atoms with E-state index in [2.05, 4.69) is 17.2 Å². The van der Waals surface area contributed by atoms with Crippen LogP contribution in [-0.2, 0) is 4.79 Å². The third kappa shape index (κ3) is 6.99. The number of carboxylic acids is 1. The summed E-state index contributed by atoms with van der Waals surface area (Å²) in [6, 6.07) is 10.3. The average molecular weight is 436 g/mol. The molecule has 29 heavy (non-hydrogen) atoms. The molecule has 8 heteroatoms. The van der Waals surface area contributed by atoms with Gasteiger partial charge in [0.2, 0.25) is 0 Å². The molecule has 1 amide bonds. The average Bonchev–Trinajstić information content (AvgIpc) is 2.68. The fourth-order valence-electron chi connectivity index (χ4n) is 2.29. The molecule has 0 saturated carbocycles. The lowest BCUT2D eigenvalue weighted by molar-refractivity contribution is -0.139. The predicted molar refractivity (Wildman–Crippen MR) is 110 cm³/mol. The number of carboxylic acid groups (broad SMARTS) is 1. The van der Waals surface area contributed by atoms with Crippen LogP contribution in [0.2, 0.25) is 10.0 Å². The Balaban J connectivity index is 2.00. The number of carbonyl (C=O) groups is 2. The maximum absolute atomic E-state index is 12.4. The molecular weight excluding hydrogens is 417 g/mol. The highest BCUT2D eigenvalue weighted by Crippen LogP contribution is 2.24. The van der Waals surface area contributed by atoms with Crippen molar-refractivity contribution in [1.82, 2.24) is 5.32 Å². The second-order valence-corrected chi connectivity index (χ2v) is 6.73. The number of rotatable bonds is 8. The molecular formula is C21H19Cl2NO5. The third-order valence-electron chi connectivity index (χ3n) is 3.76. The van der Waals surface area contributed by atoms with Crippen molar-refractivity contribution in [3.63, 3.8) is 0 Å². The van der Waals surface area contributed by atoms with E-state index in [0.29, 0.717) is 24.3 Å². The normalized spacial score (nSPS) is 11.1. The van der Waals surface area contributed by atoms with E-state index in [-0.39, 0.29) is 28.6 Å². The molecule has 0 aliphatic rings. The van der Waals surface area contributed by atoms with Gasteiger partial charge in [-0.15, -0.1) is 0 Å². The summed E-state index contributed by atoms with van der Waals surface area (Å²) in [6.07, 6.45) is 0.446. The van der Waals surface area contributed by atoms with Crippen molar-refractivity contribution in [2.24, 2.45) is 0 Å². The maximum Gasteiger partial charge on any atom is 0.327 e. The van der Waals surface area contributed by atoms with Crippen LogP contribution in [0, 0.1) is 11.8 Å². The van der Waals surface area contributed by atoms with Gasteiger partial charge in [0.05, 0.1) is 22.2 Å².